The first-order valence-electron chi connectivity index (χ1n) is 12.1. The minimum atomic E-state index is -0.257. The lowest BCUT2D eigenvalue weighted by Crippen LogP contribution is -2.38. The molecule has 0 radical (unpaired) electrons. The van der Waals surface area contributed by atoms with Crippen LogP contribution in [-0.2, 0) is 0 Å². The van der Waals surface area contributed by atoms with Gasteiger partial charge in [-0.2, -0.15) is 15.3 Å². The molecule has 0 aromatic carbocycles. The minimum absolute atomic E-state index is 0.0836. The Kier molecular flexibility index (Phi) is 5.10. The Labute approximate surface area is 192 Å². The van der Waals surface area contributed by atoms with Crippen LogP contribution in [0.1, 0.15) is 69.0 Å². The lowest BCUT2D eigenvalue weighted by Gasteiger charge is -2.34. The molecule has 1 aliphatic carbocycles. The molecule has 2 saturated heterocycles. The number of piperidine rings is 1. The lowest BCUT2D eigenvalue weighted by molar-refractivity contribution is 0.149. The number of anilines is 2. The first-order valence-corrected chi connectivity index (χ1v) is 12.1. The molecular formula is C24H28N8O. The van der Waals surface area contributed by atoms with Gasteiger partial charge >= 0.3 is 0 Å². The van der Waals surface area contributed by atoms with E-state index < -0.39 is 0 Å². The molecule has 170 valence electrons. The van der Waals surface area contributed by atoms with E-state index in [4.69, 9.17) is 4.98 Å². The van der Waals surface area contributed by atoms with E-state index in [0.717, 1.165) is 50.8 Å². The Morgan fingerprint density at radius 3 is 2.73 bits per heavy atom. The van der Waals surface area contributed by atoms with E-state index >= 15 is 0 Å². The molecule has 5 heterocycles. The second kappa shape index (κ2) is 8.27. The highest BCUT2D eigenvalue weighted by atomic mass is 16.1. The molecular weight excluding hydrogens is 416 g/mol. The molecule has 9 heteroatoms. The van der Waals surface area contributed by atoms with Crippen molar-refractivity contribution in [3.8, 4) is 6.07 Å². The van der Waals surface area contributed by atoms with E-state index in [2.05, 4.69) is 25.0 Å². The number of nitrogens with one attached hydrogen (secondary N) is 1. The van der Waals surface area contributed by atoms with Crippen molar-refractivity contribution in [3.63, 3.8) is 0 Å². The van der Waals surface area contributed by atoms with Crippen molar-refractivity contribution in [2.75, 3.05) is 18.4 Å². The number of hydrogen-bond acceptors (Lipinski definition) is 7. The van der Waals surface area contributed by atoms with Gasteiger partial charge in [0.05, 0.1) is 17.9 Å². The van der Waals surface area contributed by atoms with Gasteiger partial charge in [0.15, 0.2) is 0 Å². The van der Waals surface area contributed by atoms with E-state index in [1.54, 1.807) is 16.8 Å². The summed E-state index contributed by atoms with van der Waals surface area (Å²) in [4.78, 5) is 24.7. The lowest BCUT2D eigenvalue weighted by atomic mass is 9.98. The topological polar surface area (TPSA) is 105 Å². The van der Waals surface area contributed by atoms with Gasteiger partial charge in [-0.1, -0.05) is 12.8 Å². The van der Waals surface area contributed by atoms with E-state index in [0.29, 0.717) is 29.1 Å². The van der Waals surface area contributed by atoms with Crippen LogP contribution in [0.5, 0.6) is 0 Å². The van der Waals surface area contributed by atoms with Crippen LogP contribution in [-0.4, -0.2) is 48.3 Å². The summed E-state index contributed by atoms with van der Waals surface area (Å²) in [5, 5.41) is 18.0. The molecule has 3 aliphatic rings. The third-order valence-corrected chi connectivity index (χ3v) is 7.61. The predicted molar refractivity (Wildman–Crippen MR) is 124 cm³/mol. The Balaban J connectivity index is 1.28. The first kappa shape index (κ1) is 20.4. The first-order chi connectivity index (χ1) is 16.2. The van der Waals surface area contributed by atoms with E-state index in [-0.39, 0.29) is 17.2 Å². The van der Waals surface area contributed by atoms with Gasteiger partial charge < -0.3 is 10.2 Å². The summed E-state index contributed by atoms with van der Waals surface area (Å²) < 4.78 is 3.79. The van der Waals surface area contributed by atoms with Crippen molar-refractivity contribution >= 4 is 22.7 Å². The van der Waals surface area contributed by atoms with Crippen LogP contribution < -0.4 is 10.9 Å². The van der Waals surface area contributed by atoms with Gasteiger partial charge in [0.1, 0.15) is 17.3 Å². The summed E-state index contributed by atoms with van der Waals surface area (Å²) in [6, 6.07) is 4.83. The molecule has 3 aromatic rings. The van der Waals surface area contributed by atoms with Crippen molar-refractivity contribution in [2.45, 2.75) is 69.5 Å². The average Bonchev–Trinajstić information content (AvgIpc) is 3.60. The fourth-order valence-corrected chi connectivity index (χ4v) is 5.94. The fraction of sp³-hybridized carbons (Fsp3) is 0.542. The molecule has 3 fully saturated rings. The quantitative estimate of drug-likeness (QED) is 0.656. The zero-order chi connectivity index (χ0) is 22.4. The molecule has 0 bridgehead atoms. The summed E-state index contributed by atoms with van der Waals surface area (Å²) in [7, 11) is 0. The predicted octanol–water partition coefficient (Wildman–Crippen LogP) is 3.52. The van der Waals surface area contributed by atoms with Gasteiger partial charge in [0, 0.05) is 36.4 Å². The van der Waals surface area contributed by atoms with Crippen LogP contribution in [0.15, 0.2) is 29.5 Å². The Bertz CT molecular complexity index is 1280. The molecule has 1 saturated carbocycles. The molecule has 3 aromatic heterocycles. The number of aromatic nitrogens is 5. The van der Waals surface area contributed by atoms with Gasteiger partial charge in [-0.05, 0) is 51.1 Å². The number of rotatable bonds is 4. The third-order valence-electron chi connectivity index (χ3n) is 7.61. The maximum Gasteiger partial charge on any atom is 0.270 e. The van der Waals surface area contributed by atoms with Crippen molar-refractivity contribution < 1.29 is 0 Å². The SMILES string of the molecule is N#Cc1cc2cnc(Nc3cnn(C4CCN5CCCC5C4)c3)nc2n(C2CCCC2)c1=O. The number of pyridine rings is 1. The molecule has 33 heavy (non-hydrogen) atoms. The van der Waals surface area contributed by atoms with Crippen molar-refractivity contribution in [3.05, 3.63) is 40.6 Å². The molecule has 0 amide bonds. The number of hydrogen-bond donors (Lipinski definition) is 1. The van der Waals surface area contributed by atoms with Gasteiger partial charge in [-0.25, -0.2) is 4.98 Å². The van der Waals surface area contributed by atoms with Gasteiger partial charge in [0.2, 0.25) is 5.95 Å². The molecule has 2 unspecified atom stereocenters. The van der Waals surface area contributed by atoms with Crippen molar-refractivity contribution in [1.82, 2.24) is 29.2 Å². The summed E-state index contributed by atoms with van der Waals surface area (Å²) in [6.07, 6.45) is 14.5. The normalized spacial score (nSPS) is 23.6. The largest absolute Gasteiger partial charge is 0.321 e. The number of nitrogens with zero attached hydrogens (tertiary/aromatic N) is 7. The average molecular weight is 445 g/mol. The molecule has 0 spiro atoms. The van der Waals surface area contributed by atoms with Crippen LogP contribution in [0.25, 0.3) is 11.0 Å². The third kappa shape index (κ3) is 3.68. The zero-order valence-electron chi connectivity index (χ0n) is 18.7. The van der Waals surface area contributed by atoms with Crippen LogP contribution >= 0.6 is 0 Å². The second-order valence-corrected chi connectivity index (χ2v) is 9.60. The fourth-order valence-electron chi connectivity index (χ4n) is 5.94. The van der Waals surface area contributed by atoms with Gasteiger partial charge in [0.25, 0.3) is 5.56 Å². The van der Waals surface area contributed by atoms with Crippen molar-refractivity contribution in [2.24, 2.45) is 0 Å². The zero-order valence-corrected chi connectivity index (χ0v) is 18.7. The highest BCUT2D eigenvalue weighted by molar-refractivity contribution is 5.77. The summed E-state index contributed by atoms with van der Waals surface area (Å²) in [5.41, 5.74) is 1.32. The molecule has 2 aliphatic heterocycles. The molecule has 9 nitrogen and oxygen atoms in total. The Hall–Kier alpha value is -3.25. The van der Waals surface area contributed by atoms with Crippen LogP contribution in [0.4, 0.5) is 11.6 Å². The molecule has 2 atom stereocenters. The molecule has 6 rings (SSSR count). The Morgan fingerprint density at radius 1 is 1.03 bits per heavy atom. The van der Waals surface area contributed by atoms with E-state index in [9.17, 15) is 10.1 Å². The van der Waals surface area contributed by atoms with Crippen LogP contribution in [0.2, 0.25) is 0 Å². The number of nitriles is 1. The van der Waals surface area contributed by atoms with Crippen LogP contribution in [0, 0.1) is 11.3 Å². The Morgan fingerprint density at radius 2 is 1.88 bits per heavy atom. The summed E-state index contributed by atoms with van der Waals surface area (Å²) in [6.45, 7) is 2.39. The summed E-state index contributed by atoms with van der Waals surface area (Å²) >= 11 is 0. The highest BCUT2D eigenvalue weighted by Crippen LogP contribution is 2.34. The maximum atomic E-state index is 13.0. The number of fused-ring (bicyclic) bond motifs is 2. The minimum Gasteiger partial charge on any atom is -0.321 e. The highest BCUT2D eigenvalue weighted by Gasteiger charge is 2.32. The van der Waals surface area contributed by atoms with E-state index in [1.807, 2.05) is 18.5 Å². The van der Waals surface area contributed by atoms with E-state index in [1.165, 1.54) is 19.4 Å². The smallest absolute Gasteiger partial charge is 0.270 e. The maximum absolute atomic E-state index is 13.0. The standard InChI is InChI=1S/C24H28N8O/c25-12-16-10-17-13-26-24(29-22(17)32(23(16)33)19-4-1-2-5-19)28-18-14-27-31(15-18)21-7-9-30-8-3-6-20(30)11-21/h10,13-15,19-21H,1-9,11H2,(H,26,28,29). The van der Waals surface area contributed by atoms with Gasteiger partial charge in [-0.15, -0.1) is 0 Å². The monoisotopic (exact) mass is 444 g/mol. The van der Waals surface area contributed by atoms with Crippen LogP contribution in [0.3, 0.4) is 0 Å². The second-order valence-electron chi connectivity index (χ2n) is 9.60. The van der Waals surface area contributed by atoms with Gasteiger partial charge in [-0.3, -0.25) is 14.0 Å². The summed E-state index contributed by atoms with van der Waals surface area (Å²) in [5.74, 6) is 0.434. The molecule has 1 N–H and O–H groups in total. The van der Waals surface area contributed by atoms with Crippen molar-refractivity contribution in [1.29, 1.82) is 5.26 Å².